The number of nitrogens with one attached hydrogen (secondary N) is 2. The standard InChI is InChI=1S/C13H17N5O/c1-14-6-3-7-16-13(19)11-4-2-5-12(8-11)18-10-15-9-17-18/h2,4-5,8-10,14H,3,6-7H2,1H3,(H,16,19). The van der Waals surface area contributed by atoms with Gasteiger partial charge in [-0.2, -0.15) is 5.10 Å². The molecule has 0 unspecified atom stereocenters. The molecule has 0 bridgehead atoms. The van der Waals surface area contributed by atoms with Crippen molar-refractivity contribution >= 4 is 5.91 Å². The smallest absolute Gasteiger partial charge is 0.251 e. The second-order valence-corrected chi connectivity index (χ2v) is 4.10. The Morgan fingerprint density at radius 1 is 1.37 bits per heavy atom. The Morgan fingerprint density at radius 2 is 2.26 bits per heavy atom. The molecule has 1 aromatic heterocycles. The summed E-state index contributed by atoms with van der Waals surface area (Å²) in [4.78, 5) is 15.8. The average Bonchev–Trinajstić information content (AvgIpc) is 2.98. The van der Waals surface area contributed by atoms with E-state index in [2.05, 4.69) is 20.7 Å². The van der Waals surface area contributed by atoms with Crippen molar-refractivity contribution in [1.82, 2.24) is 25.4 Å². The molecule has 2 aromatic rings. The number of carbonyl (C=O) groups is 1. The number of aromatic nitrogens is 3. The summed E-state index contributed by atoms with van der Waals surface area (Å²) in [5.74, 6) is -0.0712. The van der Waals surface area contributed by atoms with E-state index in [-0.39, 0.29) is 5.91 Å². The summed E-state index contributed by atoms with van der Waals surface area (Å²) in [5, 5.41) is 9.96. The first-order valence-corrected chi connectivity index (χ1v) is 6.19. The van der Waals surface area contributed by atoms with Gasteiger partial charge in [0.15, 0.2) is 0 Å². The zero-order valence-corrected chi connectivity index (χ0v) is 10.8. The first-order valence-electron chi connectivity index (χ1n) is 6.19. The van der Waals surface area contributed by atoms with Gasteiger partial charge >= 0.3 is 0 Å². The molecule has 2 rings (SSSR count). The molecule has 0 spiro atoms. The Morgan fingerprint density at radius 3 is 3.00 bits per heavy atom. The summed E-state index contributed by atoms with van der Waals surface area (Å²) < 4.78 is 1.62. The highest BCUT2D eigenvalue weighted by atomic mass is 16.1. The monoisotopic (exact) mass is 259 g/mol. The van der Waals surface area contributed by atoms with E-state index >= 15 is 0 Å². The zero-order valence-electron chi connectivity index (χ0n) is 10.8. The third-order valence-electron chi connectivity index (χ3n) is 2.68. The molecule has 6 heteroatoms. The van der Waals surface area contributed by atoms with E-state index in [0.29, 0.717) is 12.1 Å². The molecule has 1 aromatic carbocycles. The van der Waals surface area contributed by atoms with Crippen molar-refractivity contribution in [2.45, 2.75) is 6.42 Å². The van der Waals surface area contributed by atoms with Gasteiger partial charge in [-0.15, -0.1) is 0 Å². The molecular formula is C13H17N5O. The van der Waals surface area contributed by atoms with Gasteiger partial charge in [0.1, 0.15) is 12.7 Å². The van der Waals surface area contributed by atoms with Crippen LogP contribution in [0.25, 0.3) is 5.69 Å². The summed E-state index contributed by atoms with van der Waals surface area (Å²) in [7, 11) is 1.89. The molecule has 0 fully saturated rings. The molecule has 1 heterocycles. The lowest BCUT2D eigenvalue weighted by molar-refractivity contribution is 0.0953. The van der Waals surface area contributed by atoms with E-state index in [1.54, 1.807) is 23.1 Å². The van der Waals surface area contributed by atoms with Crippen LogP contribution in [0, 0.1) is 0 Å². The fourth-order valence-electron chi connectivity index (χ4n) is 1.70. The maximum atomic E-state index is 12.0. The lowest BCUT2D eigenvalue weighted by Crippen LogP contribution is -2.26. The van der Waals surface area contributed by atoms with Crippen LogP contribution < -0.4 is 10.6 Å². The Hall–Kier alpha value is -2.21. The van der Waals surface area contributed by atoms with Gasteiger partial charge in [0.2, 0.25) is 0 Å². The third-order valence-corrected chi connectivity index (χ3v) is 2.68. The molecule has 0 atom stereocenters. The summed E-state index contributed by atoms with van der Waals surface area (Å²) in [6.07, 6.45) is 3.97. The predicted octanol–water partition coefficient (Wildman–Crippen LogP) is 0.607. The van der Waals surface area contributed by atoms with Crippen molar-refractivity contribution in [3.05, 3.63) is 42.5 Å². The summed E-state index contributed by atoms with van der Waals surface area (Å²) in [5.41, 5.74) is 1.44. The van der Waals surface area contributed by atoms with Crippen LogP contribution in [0.1, 0.15) is 16.8 Å². The second-order valence-electron chi connectivity index (χ2n) is 4.10. The predicted molar refractivity (Wildman–Crippen MR) is 72.2 cm³/mol. The normalized spacial score (nSPS) is 10.4. The van der Waals surface area contributed by atoms with Crippen LogP contribution in [0.15, 0.2) is 36.9 Å². The minimum Gasteiger partial charge on any atom is -0.352 e. The molecule has 1 amide bonds. The molecule has 0 aliphatic rings. The van der Waals surface area contributed by atoms with Gasteiger partial charge < -0.3 is 10.6 Å². The molecule has 2 N–H and O–H groups in total. The lowest BCUT2D eigenvalue weighted by Gasteiger charge is -2.06. The minimum atomic E-state index is -0.0712. The summed E-state index contributed by atoms with van der Waals surface area (Å²) >= 11 is 0. The summed E-state index contributed by atoms with van der Waals surface area (Å²) in [6.45, 7) is 1.55. The van der Waals surface area contributed by atoms with Gasteiger partial charge in [-0.1, -0.05) is 6.07 Å². The minimum absolute atomic E-state index is 0.0712. The maximum Gasteiger partial charge on any atom is 0.251 e. The van der Waals surface area contributed by atoms with E-state index < -0.39 is 0 Å². The van der Waals surface area contributed by atoms with Crippen molar-refractivity contribution < 1.29 is 4.79 Å². The molecule has 100 valence electrons. The number of hydrogen-bond donors (Lipinski definition) is 2. The van der Waals surface area contributed by atoms with Gasteiger partial charge in [0.05, 0.1) is 5.69 Å². The first-order chi connectivity index (χ1) is 9.31. The van der Waals surface area contributed by atoms with Gasteiger partial charge in [0.25, 0.3) is 5.91 Å². The highest BCUT2D eigenvalue weighted by molar-refractivity contribution is 5.94. The van der Waals surface area contributed by atoms with Crippen LogP contribution in [0.2, 0.25) is 0 Å². The summed E-state index contributed by atoms with van der Waals surface area (Å²) in [6, 6.07) is 7.29. The van der Waals surface area contributed by atoms with Crippen molar-refractivity contribution in [2.24, 2.45) is 0 Å². The van der Waals surface area contributed by atoms with Crippen LogP contribution in [0.5, 0.6) is 0 Å². The fourth-order valence-corrected chi connectivity index (χ4v) is 1.70. The van der Waals surface area contributed by atoms with Crippen LogP contribution >= 0.6 is 0 Å². The Bertz CT molecular complexity index is 524. The Kier molecular flexibility index (Phi) is 4.63. The van der Waals surface area contributed by atoms with E-state index in [9.17, 15) is 4.79 Å². The van der Waals surface area contributed by atoms with E-state index in [1.165, 1.54) is 6.33 Å². The number of amides is 1. The third kappa shape index (κ3) is 3.62. The van der Waals surface area contributed by atoms with Gasteiger partial charge in [0, 0.05) is 12.1 Å². The van der Waals surface area contributed by atoms with Crippen LogP contribution in [0.3, 0.4) is 0 Å². The van der Waals surface area contributed by atoms with Crippen molar-refractivity contribution in [2.75, 3.05) is 20.1 Å². The second kappa shape index (κ2) is 6.65. The van der Waals surface area contributed by atoms with Crippen LogP contribution in [-0.2, 0) is 0 Å². The molecule has 0 saturated carbocycles. The molecule has 6 nitrogen and oxygen atoms in total. The van der Waals surface area contributed by atoms with Crippen LogP contribution in [-0.4, -0.2) is 40.8 Å². The van der Waals surface area contributed by atoms with E-state index in [0.717, 1.165) is 18.7 Å². The topological polar surface area (TPSA) is 71.8 Å². The number of carbonyl (C=O) groups excluding carboxylic acids is 1. The SMILES string of the molecule is CNCCCNC(=O)c1cccc(-n2cncn2)c1. The van der Waals surface area contributed by atoms with Gasteiger partial charge in [-0.05, 0) is 38.2 Å². The van der Waals surface area contributed by atoms with Crippen molar-refractivity contribution in [3.8, 4) is 5.69 Å². The maximum absolute atomic E-state index is 12.0. The fraction of sp³-hybridized carbons (Fsp3) is 0.308. The molecule has 0 radical (unpaired) electrons. The largest absolute Gasteiger partial charge is 0.352 e. The van der Waals surface area contributed by atoms with Gasteiger partial charge in [-0.3, -0.25) is 4.79 Å². The van der Waals surface area contributed by atoms with Crippen LogP contribution in [0.4, 0.5) is 0 Å². The van der Waals surface area contributed by atoms with E-state index in [1.807, 2.05) is 19.2 Å². The van der Waals surface area contributed by atoms with Crippen molar-refractivity contribution in [3.63, 3.8) is 0 Å². The number of rotatable bonds is 6. The quantitative estimate of drug-likeness (QED) is 0.745. The highest BCUT2D eigenvalue weighted by Crippen LogP contribution is 2.08. The Labute approximate surface area is 111 Å². The first kappa shape index (κ1) is 13.2. The number of hydrogen-bond acceptors (Lipinski definition) is 4. The number of nitrogens with zero attached hydrogens (tertiary/aromatic N) is 3. The zero-order chi connectivity index (χ0) is 13.5. The molecule has 0 aliphatic heterocycles. The Balaban J connectivity index is 2.00. The average molecular weight is 259 g/mol. The van der Waals surface area contributed by atoms with E-state index in [4.69, 9.17) is 0 Å². The molecule has 0 aliphatic carbocycles. The lowest BCUT2D eigenvalue weighted by atomic mass is 10.2. The molecule has 0 saturated heterocycles. The van der Waals surface area contributed by atoms with Gasteiger partial charge in [-0.25, -0.2) is 9.67 Å². The highest BCUT2D eigenvalue weighted by Gasteiger charge is 2.06. The molecule has 19 heavy (non-hydrogen) atoms. The molecular weight excluding hydrogens is 242 g/mol. The van der Waals surface area contributed by atoms with Crippen molar-refractivity contribution in [1.29, 1.82) is 0 Å². The number of benzene rings is 1.